The Bertz CT molecular complexity index is 596. The molecule has 0 aliphatic heterocycles. The zero-order valence-corrected chi connectivity index (χ0v) is 11.7. The van der Waals surface area contributed by atoms with Crippen molar-refractivity contribution in [2.45, 2.75) is 25.2 Å². The van der Waals surface area contributed by atoms with Gasteiger partial charge in [-0.25, -0.2) is 0 Å². The average Bonchev–Trinajstić information content (AvgIpc) is 2.85. The number of carbonyl (C=O) groups excluding carboxylic acids is 1. The summed E-state index contributed by atoms with van der Waals surface area (Å²) in [6, 6.07) is 9.89. The van der Waals surface area contributed by atoms with E-state index in [-0.39, 0.29) is 5.78 Å². The molecule has 1 heterocycles. The van der Waals surface area contributed by atoms with Crippen molar-refractivity contribution in [1.29, 1.82) is 0 Å². The molecule has 1 fully saturated rings. The fraction of sp³-hybridized carbons (Fsp3) is 0.312. The van der Waals surface area contributed by atoms with Gasteiger partial charge in [-0.05, 0) is 30.4 Å². The standard InChI is InChI=1S/C16H16O2S/c1-18-14-9-15(19-10-14)16(17)13-7-3-6-12(8-13)11-4-2-5-11/h3,6-11H,2,4-5H2,1H3. The summed E-state index contributed by atoms with van der Waals surface area (Å²) in [5.74, 6) is 1.50. The van der Waals surface area contributed by atoms with Gasteiger partial charge >= 0.3 is 0 Å². The first-order valence-corrected chi connectivity index (χ1v) is 7.43. The van der Waals surface area contributed by atoms with Crippen LogP contribution in [0.3, 0.4) is 0 Å². The summed E-state index contributed by atoms with van der Waals surface area (Å²) in [6.07, 6.45) is 3.82. The maximum absolute atomic E-state index is 12.4. The minimum Gasteiger partial charge on any atom is -0.496 e. The van der Waals surface area contributed by atoms with Crippen LogP contribution >= 0.6 is 11.3 Å². The molecule has 19 heavy (non-hydrogen) atoms. The number of benzene rings is 1. The number of methoxy groups -OCH3 is 1. The van der Waals surface area contributed by atoms with Gasteiger partial charge in [-0.2, -0.15) is 0 Å². The summed E-state index contributed by atoms with van der Waals surface area (Å²) in [5, 5.41) is 1.86. The van der Waals surface area contributed by atoms with Gasteiger partial charge in [0.25, 0.3) is 0 Å². The van der Waals surface area contributed by atoms with Gasteiger partial charge in [0.1, 0.15) is 5.75 Å². The molecule has 0 N–H and O–H groups in total. The van der Waals surface area contributed by atoms with Gasteiger partial charge in [-0.1, -0.05) is 24.6 Å². The van der Waals surface area contributed by atoms with Crippen molar-refractivity contribution in [2.75, 3.05) is 7.11 Å². The van der Waals surface area contributed by atoms with Gasteiger partial charge in [-0.15, -0.1) is 11.3 Å². The Balaban J connectivity index is 1.86. The topological polar surface area (TPSA) is 26.3 Å². The number of carbonyl (C=O) groups is 1. The van der Waals surface area contributed by atoms with E-state index >= 15 is 0 Å². The fourth-order valence-corrected chi connectivity index (χ4v) is 3.18. The van der Waals surface area contributed by atoms with Gasteiger partial charge in [0.05, 0.1) is 12.0 Å². The molecule has 0 spiro atoms. The summed E-state index contributed by atoms with van der Waals surface area (Å²) in [7, 11) is 1.62. The van der Waals surface area contributed by atoms with E-state index in [2.05, 4.69) is 12.1 Å². The summed E-state index contributed by atoms with van der Waals surface area (Å²) < 4.78 is 5.13. The van der Waals surface area contributed by atoms with E-state index < -0.39 is 0 Å². The van der Waals surface area contributed by atoms with Crippen LogP contribution in [-0.2, 0) is 0 Å². The van der Waals surface area contributed by atoms with Crippen molar-refractivity contribution in [2.24, 2.45) is 0 Å². The molecule has 0 unspecified atom stereocenters. The highest BCUT2D eigenvalue weighted by Gasteiger charge is 2.20. The van der Waals surface area contributed by atoms with Crippen LogP contribution in [0.2, 0.25) is 0 Å². The maximum atomic E-state index is 12.4. The van der Waals surface area contributed by atoms with Gasteiger partial charge in [0, 0.05) is 17.0 Å². The Labute approximate surface area is 117 Å². The smallest absolute Gasteiger partial charge is 0.203 e. The second-order valence-electron chi connectivity index (χ2n) is 4.93. The lowest BCUT2D eigenvalue weighted by Crippen LogP contribution is -2.09. The van der Waals surface area contributed by atoms with E-state index in [0.29, 0.717) is 5.92 Å². The van der Waals surface area contributed by atoms with Crippen LogP contribution in [0.1, 0.15) is 46.0 Å². The Hall–Kier alpha value is -1.61. The van der Waals surface area contributed by atoms with Crippen molar-refractivity contribution in [3.8, 4) is 5.75 Å². The predicted octanol–water partition coefficient (Wildman–Crippen LogP) is 4.26. The molecule has 1 aliphatic carbocycles. The van der Waals surface area contributed by atoms with Crippen molar-refractivity contribution in [3.05, 3.63) is 51.7 Å². The lowest BCUT2D eigenvalue weighted by molar-refractivity contribution is 0.104. The molecule has 1 aromatic carbocycles. The van der Waals surface area contributed by atoms with Crippen LogP contribution in [0.4, 0.5) is 0 Å². The lowest BCUT2D eigenvalue weighted by Gasteiger charge is -2.26. The Morgan fingerprint density at radius 1 is 1.32 bits per heavy atom. The van der Waals surface area contributed by atoms with E-state index in [1.807, 2.05) is 23.6 Å². The molecule has 0 radical (unpaired) electrons. The largest absolute Gasteiger partial charge is 0.496 e. The molecule has 2 aromatic rings. The SMILES string of the molecule is COc1csc(C(=O)c2cccc(C3CCC3)c2)c1. The third kappa shape index (κ3) is 2.43. The summed E-state index contributed by atoms with van der Waals surface area (Å²) in [6.45, 7) is 0. The number of hydrogen-bond donors (Lipinski definition) is 0. The van der Waals surface area contributed by atoms with Crippen molar-refractivity contribution < 1.29 is 9.53 Å². The highest BCUT2D eigenvalue weighted by Crippen LogP contribution is 2.36. The van der Waals surface area contributed by atoms with Crippen LogP contribution in [0.25, 0.3) is 0 Å². The third-order valence-electron chi connectivity index (χ3n) is 3.76. The molecule has 1 aromatic heterocycles. The molecule has 2 nitrogen and oxygen atoms in total. The normalized spacial score (nSPS) is 15.0. The molecule has 3 rings (SSSR count). The van der Waals surface area contributed by atoms with Crippen LogP contribution in [0.15, 0.2) is 35.7 Å². The highest BCUT2D eigenvalue weighted by molar-refractivity contribution is 7.12. The summed E-state index contributed by atoms with van der Waals surface area (Å²) in [5.41, 5.74) is 2.09. The summed E-state index contributed by atoms with van der Waals surface area (Å²) in [4.78, 5) is 13.2. The molecule has 0 amide bonds. The molecule has 0 atom stereocenters. The maximum Gasteiger partial charge on any atom is 0.203 e. The minimum atomic E-state index is 0.0921. The third-order valence-corrected chi connectivity index (χ3v) is 4.67. The first kappa shape index (κ1) is 12.4. The van der Waals surface area contributed by atoms with Crippen LogP contribution < -0.4 is 4.74 Å². The Kier molecular flexibility index (Phi) is 3.38. The van der Waals surface area contributed by atoms with E-state index in [1.165, 1.54) is 36.2 Å². The second-order valence-corrected chi connectivity index (χ2v) is 5.84. The number of hydrogen-bond acceptors (Lipinski definition) is 3. The van der Waals surface area contributed by atoms with Crippen molar-refractivity contribution in [3.63, 3.8) is 0 Å². The lowest BCUT2D eigenvalue weighted by atomic mass is 9.79. The Morgan fingerprint density at radius 3 is 2.79 bits per heavy atom. The van der Waals surface area contributed by atoms with E-state index in [0.717, 1.165) is 16.2 Å². The molecule has 98 valence electrons. The first-order valence-electron chi connectivity index (χ1n) is 6.55. The monoisotopic (exact) mass is 272 g/mol. The molecule has 0 bridgehead atoms. The number of ketones is 1. The molecule has 1 aliphatic rings. The van der Waals surface area contributed by atoms with Crippen LogP contribution in [-0.4, -0.2) is 12.9 Å². The summed E-state index contributed by atoms with van der Waals surface area (Å²) >= 11 is 1.44. The van der Waals surface area contributed by atoms with Gasteiger partial charge in [0.15, 0.2) is 0 Å². The number of ether oxygens (including phenoxy) is 1. The predicted molar refractivity (Wildman–Crippen MR) is 77.3 cm³/mol. The average molecular weight is 272 g/mol. The molecular formula is C16H16O2S. The zero-order valence-electron chi connectivity index (χ0n) is 10.9. The fourth-order valence-electron chi connectivity index (χ4n) is 2.36. The zero-order chi connectivity index (χ0) is 13.2. The second kappa shape index (κ2) is 5.17. The minimum absolute atomic E-state index is 0.0921. The molecule has 1 saturated carbocycles. The molecular weight excluding hydrogens is 256 g/mol. The van der Waals surface area contributed by atoms with Gasteiger partial charge in [0.2, 0.25) is 5.78 Å². The van der Waals surface area contributed by atoms with E-state index in [1.54, 1.807) is 7.11 Å². The quantitative estimate of drug-likeness (QED) is 0.777. The van der Waals surface area contributed by atoms with E-state index in [9.17, 15) is 4.79 Å². The van der Waals surface area contributed by atoms with Gasteiger partial charge in [-0.3, -0.25) is 4.79 Å². The molecule has 3 heteroatoms. The van der Waals surface area contributed by atoms with Gasteiger partial charge < -0.3 is 4.74 Å². The van der Waals surface area contributed by atoms with Crippen molar-refractivity contribution in [1.82, 2.24) is 0 Å². The Morgan fingerprint density at radius 2 is 2.16 bits per heavy atom. The van der Waals surface area contributed by atoms with Crippen molar-refractivity contribution >= 4 is 17.1 Å². The number of thiophene rings is 1. The van der Waals surface area contributed by atoms with E-state index in [4.69, 9.17) is 4.74 Å². The van der Waals surface area contributed by atoms with Crippen LogP contribution in [0, 0.1) is 0 Å². The number of rotatable bonds is 4. The van der Waals surface area contributed by atoms with Crippen LogP contribution in [0.5, 0.6) is 5.75 Å². The highest BCUT2D eigenvalue weighted by atomic mass is 32.1. The first-order chi connectivity index (χ1) is 9.28. The molecule has 0 saturated heterocycles.